The second kappa shape index (κ2) is 19.6. The van der Waals surface area contributed by atoms with Gasteiger partial charge in [-0.05, 0) is 45.0 Å². The van der Waals surface area contributed by atoms with Crippen LogP contribution < -0.4 is 0 Å². The maximum Gasteiger partial charge on any atom is 0.508 e. The van der Waals surface area contributed by atoms with E-state index >= 15 is 0 Å². The average Bonchev–Trinajstić information content (AvgIpc) is 2.88. The molecule has 2 aromatic carbocycles. The molecule has 0 saturated carbocycles. The molecule has 1 aliphatic heterocycles. The topological polar surface area (TPSA) is 65.1 Å². The smallest absolute Gasteiger partial charge is 0.450 e. The monoisotopic (exact) mass is 505 g/mol. The first kappa shape index (κ1) is 32.3. The Labute approximate surface area is 216 Å². The predicted octanol–water partition coefficient (Wildman–Crippen LogP) is 8.06. The van der Waals surface area contributed by atoms with Crippen LogP contribution in [-0.4, -0.2) is 49.1 Å². The average molecular weight is 506 g/mol. The highest BCUT2D eigenvalue weighted by molar-refractivity contribution is 7.99. The molecule has 0 aliphatic carbocycles. The molecule has 196 valence electrons. The minimum absolute atomic E-state index is 0.296. The predicted molar refractivity (Wildman–Crippen MR) is 144 cm³/mol. The van der Waals surface area contributed by atoms with Gasteiger partial charge in [0.05, 0.1) is 13.2 Å². The van der Waals surface area contributed by atoms with Gasteiger partial charge in [0.1, 0.15) is 5.60 Å². The van der Waals surface area contributed by atoms with E-state index in [2.05, 4.69) is 48.5 Å². The number of nitrogens with zero attached hydrogens (tertiary/aromatic N) is 1. The van der Waals surface area contributed by atoms with Crippen molar-refractivity contribution < 1.29 is 23.8 Å². The van der Waals surface area contributed by atoms with Gasteiger partial charge in [-0.25, -0.2) is 9.59 Å². The first-order valence-electron chi connectivity index (χ1n) is 12.5. The van der Waals surface area contributed by atoms with E-state index in [1.54, 1.807) is 30.5 Å². The lowest BCUT2D eigenvalue weighted by Gasteiger charge is -2.37. The van der Waals surface area contributed by atoms with Crippen molar-refractivity contribution in [3.63, 3.8) is 0 Å². The van der Waals surface area contributed by atoms with Crippen LogP contribution in [-0.2, 0) is 14.2 Å². The summed E-state index contributed by atoms with van der Waals surface area (Å²) in [6, 6.07) is 20.8. The van der Waals surface area contributed by atoms with Crippen LogP contribution in [0.2, 0.25) is 0 Å². The number of carbonyl (C=O) groups is 2. The zero-order chi connectivity index (χ0) is 26.5. The third-order valence-corrected chi connectivity index (χ3v) is 5.68. The second-order valence-electron chi connectivity index (χ2n) is 7.15. The van der Waals surface area contributed by atoms with Gasteiger partial charge in [-0.15, -0.1) is 0 Å². The summed E-state index contributed by atoms with van der Waals surface area (Å²) in [5.74, 6) is 0. The fourth-order valence-corrected chi connectivity index (χ4v) is 3.80. The molecule has 1 saturated heterocycles. The van der Waals surface area contributed by atoms with Gasteiger partial charge in [-0.1, -0.05) is 75.9 Å². The van der Waals surface area contributed by atoms with Gasteiger partial charge in [0.2, 0.25) is 0 Å². The number of ether oxygens (including phenoxy) is 3. The maximum atomic E-state index is 11.5. The number of hydrogen-bond donors (Lipinski definition) is 0. The highest BCUT2D eigenvalue weighted by Crippen LogP contribution is 2.27. The van der Waals surface area contributed by atoms with E-state index in [0.717, 1.165) is 0 Å². The molecule has 1 fully saturated rings. The van der Waals surface area contributed by atoms with E-state index in [1.807, 2.05) is 46.8 Å². The Morgan fingerprint density at radius 3 is 1.63 bits per heavy atom. The molecule has 1 amide bonds. The SMILES string of the molecule is CC.CC.CCOC(=O)OC1(C)CCN(C(=O)OCC)CC1.c1ccc(Sc2ccccc2)cc1. The highest BCUT2D eigenvalue weighted by Gasteiger charge is 2.36. The van der Waals surface area contributed by atoms with E-state index < -0.39 is 11.8 Å². The van der Waals surface area contributed by atoms with Crippen LogP contribution in [0.15, 0.2) is 70.5 Å². The summed E-state index contributed by atoms with van der Waals surface area (Å²) < 4.78 is 14.9. The maximum absolute atomic E-state index is 11.5. The molecule has 0 radical (unpaired) electrons. The molecule has 0 unspecified atom stereocenters. The van der Waals surface area contributed by atoms with Gasteiger partial charge in [0.15, 0.2) is 0 Å². The van der Waals surface area contributed by atoms with E-state index in [-0.39, 0.29) is 6.09 Å². The molecule has 2 aromatic rings. The quantitative estimate of drug-likeness (QED) is 0.383. The van der Waals surface area contributed by atoms with E-state index in [4.69, 9.17) is 14.2 Å². The van der Waals surface area contributed by atoms with Gasteiger partial charge in [0, 0.05) is 35.7 Å². The molecule has 0 spiro atoms. The first-order chi connectivity index (χ1) is 17.0. The molecule has 7 heteroatoms. The number of hydrogen-bond acceptors (Lipinski definition) is 6. The van der Waals surface area contributed by atoms with Gasteiger partial charge in [0.25, 0.3) is 0 Å². The van der Waals surface area contributed by atoms with Crippen LogP contribution >= 0.6 is 11.8 Å². The lowest BCUT2D eigenvalue weighted by molar-refractivity contribution is -0.0533. The summed E-state index contributed by atoms with van der Waals surface area (Å²) in [6.07, 6.45) is 0.218. The van der Waals surface area contributed by atoms with Crippen molar-refractivity contribution in [2.75, 3.05) is 26.3 Å². The Kier molecular flexibility index (Phi) is 18.1. The van der Waals surface area contributed by atoms with Gasteiger partial charge in [-0.3, -0.25) is 0 Å². The molecule has 0 atom stereocenters. The molecule has 0 bridgehead atoms. The number of piperidine rings is 1. The third-order valence-electron chi connectivity index (χ3n) is 4.66. The largest absolute Gasteiger partial charge is 0.508 e. The lowest BCUT2D eigenvalue weighted by Crippen LogP contribution is -2.47. The lowest BCUT2D eigenvalue weighted by atomic mass is 9.94. The fourth-order valence-electron chi connectivity index (χ4n) is 2.94. The van der Waals surface area contributed by atoms with Crippen LogP contribution in [0.3, 0.4) is 0 Å². The highest BCUT2D eigenvalue weighted by atomic mass is 32.2. The van der Waals surface area contributed by atoms with Crippen molar-refractivity contribution in [3.05, 3.63) is 60.7 Å². The van der Waals surface area contributed by atoms with Crippen LogP contribution in [0.25, 0.3) is 0 Å². The van der Waals surface area contributed by atoms with E-state index in [9.17, 15) is 9.59 Å². The van der Waals surface area contributed by atoms with Crippen molar-refractivity contribution in [3.8, 4) is 0 Å². The fraction of sp³-hybridized carbons (Fsp3) is 0.500. The summed E-state index contributed by atoms with van der Waals surface area (Å²) in [5, 5.41) is 0. The van der Waals surface area contributed by atoms with Crippen molar-refractivity contribution in [1.82, 2.24) is 4.90 Å². The molecular formula is C28H43NO5S. The Hall–Kier alpha value is -2.67. The Bertz CT molecular complexity index is 756. The Morgan fingerprint density at radius 2 is 1.23 bits per heavy atom. The van der Waals surface area contributed by atoms with Crippen LogP contribution in [0, 0.1) is 0 Å². The summed E-state index contributed by atoms with van der Waals surface area (Å²) >= 11 is 1.79. The molecule has 0 N–H and O–H groups in total. The normalized spacial score (nSPS) is 13.3. The van der Waals surface area contributed by atoms with E-state index in [0.29, 0.717) is 39.1 Å². The number of amides is 1. The summed E-state index contributed by atoms with van der Waals surface area (Å²) in [7, 11) is 0. The Morgan fingerprint density at radius 1 is 0.800 bits per heavy atom. The first-order valence-corrected chi connectivity index (χ1v) is 13.3. The van der Waals surface area contributed by atoms with Crippen LogP contribution in [0.1, 0.15) is 61.3 Å². The number of likely N-dealkylation sites (tertiary alicyclic amines) is 1. The molecule has 35 heavy (non-hydrogen) atoms. The Balaban J connectivity index is 0.000000597. The van der Waals surface area contributed by atoms with Crippen LogP contribution in [0.5, 0.6) is 0 Å². The van der Waals surface area contributed by atoms with Crippen molar-refractivity contribution in [2.24, 2.45) is 0 Å². The van der Waals surface area contributed by atoms with Gasteiger partial charge in [-0.2, -0.15) is 0 Å². The molecule has 3 rings (SSSR count). The summed E-state index contributed by atoms with van der Waals surface area (Å²) in [5.41, 5.74) is -0.560. The van der Waals surface area contributed by atoms with Crippen molar-refractivity contribution in [2.45, 2.75) is 76.7 Å². The van der Waals surface area contributed by atoms with Gasteiger partial charge >= 0.3 is 12.2 Å². The molecule has 1 aliphatic rings. The summed E-state index contributed by atoms with van der Waals surface area (Å²) in [4.78, 5) is 27.0. The zero-order valence-corrected chi connectivity index (χ0v) is 23.2. The summed E-state index contributed by atoms with van der Waals surface area (Å²) in [6.45, 7) is 15.1. The zero-order valence-electron chi connectivity index (χ0n) is 22.4. The number of rotatable bonds is 5. The van der Waals surface area contributed by atoms with Gasteiger partial charge < -0.3 is 19.1 Å². The molecule has 6 nitrogen and oxygen atoms in total. The van der Waals surface area contributed by atoms with E-state index in [1.165, 1.54) is 9.79 Å². The molecule has 0 aromatic heterocycles. The third kappa shape index (κ3) is 13.7. The molecular weight excluding hydrogens is 462 g/mol. The molecule has 1 heterocycles. The second-order valence-corrected chi connectivity index (χ2v) is 8.30. The minimum atomic E-state index is -0.649. The minimum Gasteiger partial charge on any atom is -0.450 e. The number of benzene rings is 2. The number of carbonyl (C=O) groups excluding carboxylic acids is 2. The van der Waals surface area contributed by atoms with Crippen molar-refractivity contribution in [1.29, 1.82) is 0 Å². The van der Waals surface area contributed by atoms with Crippen molar-refractivity contribution >= 4 is 24.0 Å². The standard InChI is InChI=1S/C12H21NO5.C12H10S.2C2H6/c1-4-16-10(14)13-8-6-12(3,7-9-13)18-11(15)17-5-2;1-3-7-11(8-4-1)13-12-9-5-2-6-10-12;2*1-2/h4-9H2,1-3H3;1-10H;2*1-2H3. The van der Waals surface area contributed by atoms with Crippen LogP contribution in [0.4, 0.5) is 9.59 Å².